The van der Waals surface area contributed by atoms with Gasteiger partial charge in [0.25, 0.3) is 5.56 Å². The number of likely N-dealkylation sites (tertiary alicyclic amines) is 1. The van der Waals surface area contributed by atoms with Crippen molar-refractivity contribution in [2.24, 2.45) is 0 Å². The smallest absolute Gasteiger partial charge is 0.251 e. The molecule has 0 unspecified atom stereocenters. The van der Waals surface area contributed by atoms with E-state index in [1.54, 1.807) is 16.7 Å². The predicted molar refractivity (Wildman–Crippen MR) is 109 cm³/mol. The third kappa shape index (κ3) is 4.71. The van der Waals surface area contributed by atoms with Crippen LogP contribution in [0.1, 0.15) is 18.4 Å². The largest absolute Gasteiger partial charge is 0.310 e. The molecule has 1 N–H and O–H groups in total. The zero-order valence-corrected chi connectivity index (χ0v) is 16.5. The molecule has 158 valence electrons. The van der Waals surface area contributed by atoms with Crippen LogP contribution in [0.5, 0.6) is 0 Å². The van der Waals surface area contributed by atoms with E-state index >= 15 is 0 Å². The lowest BCUT2D eigenvalue weighted by molar-refractivity contribution is 0.191. The lowest BCUT2D eigenvalue weighted by Gasteiger charge is -2.32. The summed E-state index contributed by atoms with van der Waals surface area (Å²) in [5.41, 5.74) is 1.65. The molecular formula is C22H23F3N4O. The molecule has 0 radical (unpaired) electrons. The van der Waals surface area contributed by atoms with E-state index in [9.17, 15) is 18.0 Å². The van der Waals surface area contributed by atoms with E-state index < -0.39 is 17.5 Å². The summed E-state index contributed by atoms with van der Waals surface area (Å²) >= 11 is 0. The lowest BCUT2D eigenvalue weighted by Crippen LogP contribution is -2.43. The molecule has 3 aromatic rings. The van der Waals surface area contributed by atoms with Crippen molar-refractivity contribution in [3.05, 3.63) is 76.0 Å². The third-order valence-corrected chi connectivity index (χ3v) is 5.61. The first-order chi connectivity index (χ1) is 14.5. The average Bonchev–Trinajstić information content (AvgIpc) is 2.74. The number of nitrogens with one attached hydrogen (secondary N) is 1. The van der Waals surface area contributed by atoms with Gasteiger partial charge in [-0.3, -0.25) is 9.78 Å². The van der Waals surface area contributed by atoms with E-state index in [0.717, 1.165) is 38.2 Å². The van der Waals surface area contributed by atoms with Crippen molar-refractivity contribution in [2.75, 3.05) is 19.6 Å². The van der Waals surface area contributed by atoms with E-state index in [4.69, 9.17) is 0 Å². The Balaban J connectivity index is 1.30. The van der Waals surface area contributed by atoms with E-state index in [1.807, 2.05) is 0 Å². The Labute approximate surface area is 172 Å². The van der Waals surface area contributed by atoms with Gasteiger partial charge in [-0.25, -0.2) is 13.2 Å². The molecule has 1 aliphatic rings. The fourth-order valence-electron chi connectivity index (χ4n) is 3.89. The molecule has 0 bridgehead atoms. The van der Waals surface area contributed by atoms with Crippen LogP contribution in [0.2, 0.25) is 0 Å². The van der Waals surface area contributed by atoms with Gasteiger partial charge in [0.05, 0.1) is 17.2 Å². The Morgan fingerprint density at radius 2 is 1.80 bits per heavy atom. The Bertz CT molecular complexity index is 1090. The predicted octanol–water partition coefficient (Wildman–Crippen LogP) is 3.07. The summed E-state index contributed by atoms with van der Waals surface area (Å²) in [5, 5.41) is 3.40. The second-order valence-electron chi connectivity index (χ2n) is 7.63. The minimum absolute atomic E-state index is 0.169. The van der Waals surface area contributed by atoms with Gasteiger partial charge < -0.3 is 14.8 Å². The van der Waals surface area contributed by atoms with Crippen LogP contribution in [0.15, 0.2) is 47.4 Å². The monoisotopic (exact) mass is 416 g/mol. The molecule has 0 atom stereocenters. The molecule has 4 rings (SSSR count). The second kappa shape index (κ2) is 8.97. The lowest BCUT2D eigenvalue weighted by atomic mass is 10.0. The second-order valence-corrected chi connectivity index (χ2v) is 7.63. The Morgan fingerprint density at radius 3 is 2.57 bits per heavy atom. The van der Waals surface area contributed by atoms with Gasteiger partial charge >= 0.3 is 0 Å². The standard InChI is InChI=1S/C22H23F3N4O/c23-16-12-21-20(27-14-16)3-4-22(30)29(21)10-9-28-7-5-17(6-8-28)26-13-15-1-2-18(24)19(25)11-15/h1-4,11-12,14,17,26H,5-10,13H2. The molecule has 2 aromatic heterocycles. The number of halogens is 3. The van der Waals surface area contributed by atoms with Crippen LogP contribution in [0.3, 0.4) is 0 Å². The Kier molecular flexibility index (Phi) is 6.15. The van der Waals surface area contributed by atoms with Gasteiger partial charge in [-0.05, 0) is 49.7 Å². The van der Waals surface area contributed by atoms with Crippen LogP contribution >= 0.6 is 0 Å². The zero-order chi connectivity index (χ0) is 21.1. The van der Waals surface area contributed by atoms with Crippen molar-refractivity contribution in [3.8, 4) is 0 Å². The van der Waals surface area contributed by atoms with E-state index in [0.29, 0.717) is 42.3 Å². The van der Waals surface area contributed by atoms with Gasteiger partial charge in [-0.2, -0.15) is 0 Å². The maximum absolute atomic E-state index is 13.6. The van der Waals surface area contributed by atoms with Crippen LogP contribution in [0, 0.1) is 17.5 Å². The summed E-state index contributed by atoms with van der Waals surface area (Å²) in [7, 11) is 0. The van der Waals surface area contributed by atoms with Crippen molar-refractivity contribution in [3.63, 3.8) is 0 Å². The van der Waals surface area contributed by atoms with Crippen LogP contribution in [0.4, 0.5) is 13.2 Å². The quantitative estimate of drug-likeness (QED) is 0.671. The van der Waals surface area contributed by atoms with Gasteiger partial charge in [0, 0.05) is 37.8 Å². The first-order valence-corrected chi connectivity index (χ1v) is 10.0. The van der Waals surface area contributed by atoms with E-state index in [-0.39, 0.29) is 5.56 Å². The highest BCUT2D eigenvalue weighted by Gasteiger charge is 2.19. The SMILES string of the molecule is O=c1ccc2ncc(F)cc2n1CCN1CCC(NCc2ccc(F)c(F)c2)CC1. The number of benzene rings is 1. The molecule has 1 aliphatic heterocycles. The fraction of sp³-hybridized carbons (Fsp3) is 0.364. The van der Waals surface area contributed by atoms with Gasteiger partial charge in [0.2, 0.25) is 0 Å². The third-order valence-electron chi connectivity index (χ3n) is 5.61. The van der Waals surface area contributed by atoms with Gasteiger partial charge in [0.1, 0.15) is 5.82 Å². The summed E-state index contributed by atoms with van der Waals surface area (Å²) in [4.78, 5) is 18.6. The minimum Gasteiger partial charge on any atom is -0.310 e. The summed E-state index contributed by atoms with van der Waals surface area (Å²) in [6, 6.07) is 8.66. The minimum atomic E-state index is -0.837. The number of hydrogen-bond acceptors (Lipinski definition) is 4. The molecule has 1 aromatic carbocycles. The normalized spacial score (nSPS) is 15.7. The van der Waals surface area contributed by atoms with Crippen molar-refractivity contribution < 1.29 is 13.2 Å². The number of hydrogen-bond donors (Lipinski definition) is 1. The molecule has 0 spiro atoms. The highest BCUT2D eigenvalue weighted by molar-refractivity contribution is 5.74. The van der Waals surface area contributed by atoms with Crippen molar-refractivity contribution in [2.45, 2.75) is 32.0 Å². The number of nitrogens with zero attached hydrogens (tertiary/aromatic N) is 3. The van der Waals surface area contributed by atoms with Crippen molar-refractivity contribution in [1.29, 1.82) is 0 Å². The highest BCUT2D eigenvalue weighted by Crippen LogP contribution is 2.14. The van der Waals surface area contributed by atoms with Crippen LogP contribution in [-0.2, 0) is 13.1 Å². The maximum Gasteiger partial charge on any atom is 0.251 e. The molecule has 0 saturated carbocycles. The van der Waals surface area contributed by atoms with Crippen molar-refractivity contribution >= 4 is 11.0 Å². The van der Waals surface area contributed by atoms with Crippen LogP contribution in [-0.4, -0.2) is 40.1 Å². The first kappa shape index (κ1) is 20.6. The Hall–Kier alpha value is -2.71. The van der Waals surface area contributed by atoms with Gasteiger partial charge in [-0.1, -0.05) is 6.07 Å². The topological polar surface area (TPSA) is 50.2 Å². The summed E-state index contributed by atoms with van der Waals surface area (Å²) in [6.07, 6.45) is 2.99. The van der Waals surface area contributed by atoms with Crippen LogP contribution in [0.25, 0.3) is 11.0 Å². The molecule has 1 saturated heterocycles. The Morgan fingerprint density at radius 1 is 1.00 bits per heavy atom. The molecule has 8 heteroatoms. The summed E-state index contributed by atoms with van der Waals surface area (Å²) < 4.78 is 41.5. The maximum atomic E-state index is 13.6. The average molecular weight is 416 g/mol. The van der Waals surface area contributed by atoms with E-state index in [1.165, 1.54) is 18.2 Å². The molecule has 5 nitrogen and oxygen atoms in total. The molecular weight excluding hydrogens is 393 g/mol. The highest BCUT2D eigenvalue weighted by atomic mass is 19.2. The molecule has 0 aliphatic carbocycles. The summed E-state index contributed by atoms with van der Waals surface area (Å²) in [5.74, 6) is -2.13. The van der Waals surface area contributed by atoms with Crippen molar-refractivity contribution in [1.82, 2.24) is 19.8 Å². The summed E-state index contributed by atoms with van der Waals surface area (Å²) in [6.45, 7) is 3.37. The number of fused-ring (bicyclic) bond motifs is 1. The first-order valence-electron chi connectivity index (χ1n) is 10.0. The number of pyridine rings is 2. The molecule has 1 fully saturated rings. The molecule has 0 amide bonds. The van der Waals surface area contributed by atoms with Gasteiger partial charge in [0.15, 0.2) is 11.6 Å². The molecule has 30 heavy (non-hydrogen) atoms. The zero-order valence-electron chi connectivity index (χ0n) is 16.5. The van der Waals surface area contributed by atoms with Gasteiger partial charge in [-0.15, -0.1) is 0 Å². The number of piperidine rings is 1. The number of aromatic nitrogens is 2. The van der Waals surface area contributed by atoms with Crippen LogP contribution < -0.4 is 10.9 Å². The molecule has 3 heterocycles. The fourth-order valence-corrected chi connectivity index (χ4v) is 3.89. The van der Waals surface area contributed by atoms with E-state index in [2.05, 4.69) is 15.2 Å². The number of rotatable bonds is 6.